The second kappa shape index (κ2) is 8.27. The fourth-order valence-electron chi connectivity index (χ4n) is 4.90. The topological polar surface area (TPSA) is 38.1 Å². The predicted octanol–water partition coefficient (Wildman–Crippen LogP) is 5.78. The van der Waals surface area contributed by atoms with Crippen LogP contribution in [0.4, 0.5) is 5.69 Å². The minimum atomic E-state index is 0.0740. The standard InChI is InChI=1S/C28H29N3O/c1-4-21-9-5-7-11-25(21)30-18-23(16-27(30)32)28-29-24-10-6-8-12-26(24)31(28)17-22-15-19(2)13-14-20(22)3/h5-15,23H,4,16-18H2,1-3H3. The van der Waals surface area contributed by atoms with Gasteiger partial charge in [0.2, 0.25) is 5.91 Å². The first-order valence-electron chi connectivity index (χ1n) is 11.4. The number of carbonyl (C=O) groups excluding carboxylic acids is 1. The first-order chi connectivity index (χ1) is 15.5. The highest BCUT2D eigenvalue weighted by molar-refractivity contribution is 5.97. The van der Waals surface area contributed by atoms with Crippen LogP contribution in [0.5, 0.6) is 0 Å². The number of hydrogen-bond donors (Lipinski definition) is 0. The van der Waals surface area contributed by atoms with E-state index < -0.39 is 0 Å². The molecule has 0 bridgehead atoms. The van der Waals surface area contributed by atoms with Crippen molar-refractivity contribution in [2.75, 3.05) is 11.4 Å². The van der Waals surface area contributed by atoms with Gasteiger partial charge in [0.1, 0.15) is 5.82 Å². The number of imidazole rings is 1. The van der Waals surface area contributed by atoms with Gasteiger partial charge < -0.3 is 9.47 Å². The van der Waals surface area contributed by atoms with Crippen LogP contribution in [0.2, 0.25) is 0 Å². The number of para-hydroxylation sites is 3. The molecule has 32 heavy (non-hydrogen) atoms. The molecule has 1 atom stereocenters. The maximum Gasteiger partial charge on any atom is 0.227 e. The zero-order chi connectivity index (χ0) is 22.2. The number of carbonyl (C=O) groups is 1. The highest BCUT2D eigenvalue weighted by atomic mass is 16.2. The molecule has 1 aliphatic rings. The molecule has 0 N–H and O–H groups in total. The van der Waals surface area contributed by atoms with Crippen LogP contribution in [-0.4, -0.2) is 22.0 Å². The zero-order valence-electron chi connectivity index (χ0n) is 19.0. The van der Waals surface area contributed by atoms with E-state index in [1.165, 1.54) is 22.3 Å². The van der Waals surface area contributed by atoms with E-state index in [9.17, 15) is 4.79 Å². The Hall–Kier alpha value is -3.40. The Morgan fingerprint density at radius 1 is 0.969 bits per heavy atom. The smallest absolute Gasteiger partial charge is 0.227 e. The number of aryl methyl sites for hydroxylation is 3. The minimum Gasteiger partial charge on any atom is -0.323 e. The lowest BCUT2D eigenvalue weighted by Crippen LogP contribution is -2.25. The average molecular weight is 424 g/mol. The van der Waals surface area contributed by atoms with Crippen molar-refractivity contribution >= 4 is 22.6 Å². The van der Waals surface area contributed by atoms with Crippen molar-refractivity contribution in [3.8, 4) is 0 Å². The lowest BCUT2D eigenvalue weighted by Gasteiger charge is -2.20. The van der Waals surface area contributed by atoms with E-state index in [4.69, 9.17) is 4.98 Å². The number of aromatic nitrogens is 2. The number of rotatable bonds is 5. The largest absolute Gasteiger partial charge is 0.323 e. The summed E-state index contributed by atoms with van der Waals surface area (Å²) in [6.45, 7) is 7.87. The van der Waals surface area contributed by atoms with Crippen LogP contribution < -0.4 is 4.90 Å². The molecular weight excluding hydrogens is 394 g/mol. The first-order valence-corrected chi connectivity index (χ1v) is 11.4. The number of nitrogens with zero attached hydrogens (tertiary/aromatic N) is 3. The number of benzene rings is 3. The van der Waals surface area contributed by atoms with Gasteiger partial charge in [-0.1, -0.05) is 61.0 Å². The molecular formula is C28H29N3O. The third kappa shape index (κ3) is 3.60. The Balaban J connectivity index is 1.55. The van der Waals surface area contributed by atoms with Crippen molar-refractivity contribution in [2.45, 2.75) is 46.1 Å². The van der Waals surface area contributed by atoms with Gasteiger partial charge in [-0.05, 0) is 55.2 Å². The Morgan fingerprint density at radius 3 is 2.59 bits per heavy atom. The minimum absolute atomic E-state index is 0.0740. The molecule has 1 aromatic heterocycles. The van der Waals surface area contributed by atoms with Gasteiger partial charge in [-0.2, -0.15) is 0 Å². The SMILES string of the molecule is CCc1ccccc1N1CC(c2nc3ccccc3n2Cc2cc(C)ccc2C)CC1=O. The quantitative estimate of drug-likeness (QED) is 0.408. The number of fused-ring (bicyclic) bond motifs is 1. The van der Waals surface area contributed by atoms with Gasteiger partial charge >= 0.3 is 0 Å². The van der Waals surface area contributed by atoms with Crippen LogP contribution in [0.15, 0.2) is 66.7 Å². The van der Waals surface area contributed by atoms with Gasteiger partial charge in [-0.3, -0.25) is 4.79 Å². The van der Waals surface area contributed by atoms with E-state index in [0.717, 1.165) is 35.5 Å². The third-order valence-electron chi connectivity index (χ3n) is 6.67. The molecule has 1 aliphatic heterocycles. The molecule has 0 saturated carbocycles. The van der Waals surface area contributed by atoms with Gasteiger partial charge in [-0.25, -0.2) is 4.98 Å². The number of anilines is 1. The first kappa shape index (κ1) is 20.5. The van der Waals surface area contributed by atoms with E-state index in [1.807, 2.05) is 23.1 Å². The van der Waals surface area contributed by atoms with Crippen LogP contribution in [0, 0.1) is 13.8 Å². The van der Waals surface area contributed by atoms with Gasteiger partial charge in [-0.15, -0.1) is 0 Å². The maximum atomic E-state index is 13.1. The fraction of sp³-hybridized carbons (Fsp3) is 0.286. The summed E-state index contributed by atoms with van der Waals surface area (Å²) in [7, 11) is 0. The van der Waals surface area contributed by atoms with Crippen LogP contribution >= 0.6 is 0 Å². The summed E-state index contributed by atoms with van der Waals surface area (Å²) in [5.74, 6) is 1.27. The van der Waals surface area contributed by atoms with Gasteiger partial charge in [0.15, 0.2) is 0 Å². The normalized spacial score (nSPS) is 16.3. The maximum absolute atomic E-state index is 13.1. The summed E-state index contributed by atoms with van der Waals surface area (Å²) in [5, 5.41) is 0. The lowest BCUT2D eigenvalue weighted by atomic mass is 10.0. The van der Waals surface area contributed by atoms with Crippen molar-refractivity contribution in [2.24, 2.45) is 0 Å². The third-order valence-corrected chi connectivity index (χ3v) is 6.67. The molecule has 5 rings (SSSR count). The van der Waals surface area contributed by atoms with E-state index >= 15 is 0 Å². The molecule has 1 fully saturated rings. The van der Waals surface area contributed by atoms with Crippen molar-refractivity contribution in [1.82, 2.24) is 9.55 Å². The molecule has 0 aliphatic carbocycles. The van der Waals surface area contributed by atoms with E-state index in [0.29, 0.717) is 13.0 Å². The fourth-order valence-corrected chi connectivity index (χ4v) is 4.90. The van der Waals surface area contributed by atoms with Crippen molar-refractivity contribution in [3.63, 3.8) is 0 Å². The monoisotopic (exact) mass is 423 g/mol. The lowest BCUT2D eigenvalue weighted by molar-refractivity contribution is -0.117. The van der Waals surface area contributed by atoms with Crippen molar-refractivity contribution < 1.29 is 4.79 Å². The molecule has 3 aromatic carbocycles. The highest BCUT2D eigenvalue weighted by Gasteiger charge is 2.35. The molecule has 4 aromatic rings. The summed E-state index contributed by atoms with van der Waals surface area (Å²) in [6.07, 6.45) is 1.41. The van der Waals surface area contributed by atoms with Gasteiger partial charge in [0, 0.05) is 31.1 Å². The van der Waals surface area contributed by atoms with E-state index in [2.05, 4.69) is 73.9 Å². The van der Waals surface area contributed by atoms with E-state index in [1.54, 1.807) is 0 Å². The molecule has 1 saturated heterocycles. The van der Waals surface area contributed by atoms with Crippen molar-refractivity contribution in [1.29, 1.82) is 0 Å². The molecule has 1 amide bonds. The second-order valence-corrected chi connectivity index (χ2v) is 8.86. The summed E-state index contributed by atoms with van der Waals surface area (Å²) >= 11 is 0. The summed E-state index contributed by atoms with van der Waals surface area (Å²) in [4.78, 5) is 20.1. The molecule has 0 radical (unpaired) electrons. The summed E-state index contributed by atoms with van der Waals surface area (Å²) in [5.41, 5.74) is 8.21. The van der Waals surface area contributed by atoms with Crippen LogP contribution in [-0.2, 0) is 17.8 Å². The van der Waals surface area contributed by atoms with E-state index in [-0.39, 0.29) is 11.8 Å². The Bertz CT molecular complexity index is 1300. The van der Waals surface area contributed by atoms with Crippen molar-refractivity contribution in [3.05, 3.63) is 94.8 Å². The highest BCUT2D eigenvalue weighted by Crippen LogP contribution is 2.35. The average Bonchev–Trinajstić information content (AvgIpc) is 3.37. The van der Waals surface area contributed by atoms with Crippen LogP contribution in [0.3, 0.4) is 0 Å². The van der Waals surface area contributed by atoms with Gasteiger partial charge in [0.05, 0.1) is 11.0 Å². The second-order valence-electron chi connectivity index (χ2n) is 8.86. The zero-order valence-corrected chi connectivity index (χ0v) is 19.0. The van der Waals surface area contributed by atoms with Gasteiger partial charge in [0.25, 0.3) is 0 Å². The summed E-state index contributed by atoms with van der Waals surface area (Å²) in [6, 6.07) is 23.2. The number of hydrogen-bond acceptors (Lipinski definition) is 2. The van der Waals surface area contributed by atoms with Crippen LogP contribution in [0.25, 0.3) is 11.0 Å². The molecule has 1 unspecified atom stereocenters. The molecule has 4 heteroatoms. The summed E-state index contributed by atoms with van der Waals surface area (Å²) < 4.78 is 2.32. The molecule has 0 spiro atoms. The molecule has 162 valence electrons. The Kier molecular flexibility index (Phi) is 5.30. The molecule has 2 heterocycles. The predicted molar refractivity (Wildman–Crippen MR) is 130 cm³/mol. The Morgan fingerprint density at radius 2 is 1.75 bits per heavy atom. The number of amides is 1. The Labute approximate surface area is 189 Å². The van der Waals surface area contributed by atoms with Crippen LogP contribution in [0.1, 0.15) is 47.3 Å². The molecule has 4 nitrogen and oxygen atoms in total.